The predicted octanol–water partition coefficient (Wildman–Crippen LogP) is 7.76. The summed E-state index contributed by atoms with van der Waals surface area (Å²) in [7, 11) is -4.44. The molecule has 13 heteroatoms. The fourth-order valence-electron chi connectivity index (χ4n) is 6.39. The lowest BCUT2D eigenvalue weighted by atomic mass is 9.89. The summed E-state index contributed by atoms with van der Waals surface area (Å²) < 4.78 is 32.7. The van der Waals surface area contributed by atoms with Crippen LogP contribution in [-0.4, -0.2) is 82.9 Å². The summed E-state index contributed by atoms with van der Waals surface area (Å²) in [5.41, 5.74) is 5.33. The van der Waals surface area contributed by atoms with Crippen LogP contribution in [0, 0.1) is 11.8 Å². The smallest absolute Gasteiger partial charge is 0.462 e. The number of hydrogen-bond donors (Lipinski definition) is 5. The largest absolute Gasteiger partial charge is 0.472 e. The number of nitrogens with two attached hydrogens (primary N) is 1. The van der Waals surface area contributed by atoms with Gasteiger partial charge in [0.1, 0.15) is 6.61 Å². The van der Waals surface area contributed by atoms with Crippen molar-refractivity contribution in [2.45, 2.75) is 173 Å². The van der Waals surface area contributed by atoms with Crippen LogP contribution in [-0.2, 0) is 32.7 Å². The van der Waals surface area contributed by atoms with E-state index in [1.165, 1.54) is 25.7 Å². The number of unbranched alkanes of at least 4 members (excludes halogenated alkanes) is 12. The van der Waals surface area contributed by atoms with Gasteiger partial charge >= 0.3 is 19.8 Å². The molecule has 7 atom stereocenters. The van der Waals surface area contributed by atoms with Crippen LogP contribution in [0.5, 0.6) is 0 Å². The number of rotatable bonds is 34. The van der Waals surface area contributed by atoms with Gasteiger partial charge in [-0.2, -0.15) is 0 Å². The number of ether oxygens (including phenoxy) is 2. The number of phosphoric ester groups is 1. The number of allylic oxidation sites excluding steroid dienone is 4. The van der Waals surface area contributed by atoms with Gasteiger partial charge in [-0.1, -0.05) is 108 Å². The highest BCUT2D eigenvalue weighted by molar-refractivity contribution is 7.47. The first-order valence-electron chi connectivity index (χ1n) is 20.7. The Morgan fingerprint density at radius 2 is 1.39 bits per heavy atom. The molecule has 1 rings (SSSR count). The molecule has 0 saturated heterocycles. The lowest BCUT2D eigenvalue weighted by Gasteiger charge is -2.20. The maximum absolute atomic E-state index is 12.6. The molecule has 0 radical (unpaired) electrons. The Hall–Kier alpha value is -1.89. The predicted molar refractivity (Wildman–Crippen MR) is 212 cm³/mol. The van der Waals surface area contributed by atoms with Gasteiger partial charge < -0.3 is 35.4 Å². The third kappa shape index (κ3) is 26.1. The van der Waals surface area contributed by atoms with E-state index in [1.807, 2.05) is 18.2 Å². The Balaban J connectivity index is 2.45. The molecule has 6 N–H and O–H groups in total. The van der Waals surface area contributed by atoms with Crippen molar-refractivity contribution in [1.29, 1.82) is 0 Å². The second kappa shape index (κ2) is 32.2. The van der Waals surface area contributed by atoms with E-state index in [-0.39, 0.29) is 44.4 Å². The molecule has 0 aromatic rings. The molecule has 1 saturated carbocycles. The molecule has 12 nitrogen and oxygen atoms in total. The number of carbonyl (C=O) groups excluding carboxylic acids is 2. The third-order valence-electron chi connectivity index (χ3n) is 9.57. The minimum Gasteiger partial charge on any atom is -0.462 e. The molecule has 0 aromatic heterocycles. The van der Waals surface area contributed by atoms with E-state index < -0.39 is 50.8 Å². The maximum Gasteiger partial charge on any atom is 0.472 e. The molecule has 1 unspecified atom stereocenters. The molecule has 0 spiro atoms. The van der Waals surface area contributed by atoms with Gasteiger partial charge in [-0.25, -0.2) is 4.57 Å². The van der Waals surface area contributed by atoms with Gasteiger partial charge in [-0.05, 0) is 63.7 Å². The van der Waals surface area contributed by atoms with E-state index in [0.29, 0.717) is 38.5 Å². The monoisotopic (exact) mass is 787 g/mol. The van der Waals surface area contributed by atoms with E-state index in [0.717, 1.165) is 57.8 Å². The average molecular weight is 788 g/mol. The van der Waals surface area contributed by atoms with Gasteiger partial charge in [0, 0.05) is 31.7 Å². The molecular formula is C41H74NO11P. The number of aliphatic hydroxyl groups excluding tert-OH is 3. The Bertz CT molecular complexity index is 1100. The summed E-state index contributed by atoms with van der Waals surface area (Å²) in [5.74, 6) is -1.43. The topological polar surface area (TPSA) is 195 Å². The number of hydrogen-bond acceptors (Lipinski definition) is 11. The van der Waals surface area contributed by atoms with Crippen LogP contribution in [0.2, 0.25) is 0 Å². The first-order valence-corrected chi connectivity index (χ1v) is 22.2. The van der Waals surface area contributed by atoms with Crippen molar-refractivity contribution in [2.75, 3.05) is 26.4 Å². The van der Waals surface area contributed by atoms with Gasteiger partial charge in [-0.15, -0.1) is 0 Å². The van der Waals surface area contributed by atoms with Crippen LogP contribution >= 0.6 is 7.82 Å². The Kier molecular flexibility index (Phi) is 29.9. The molecule has 0 aromatic carbocycles. The summed E-state index contributed by atoms with van der Waals surface area (Å²) >= 11 is 0. The van der Waals surface area contributed by atoms with Crippen LogP contribution in [0.25, 0.3) is 0 Å². The Labute approximate surface area is 325 Å². The first kappa shape index (κ1) is 50.1. The standard InChI is InChI=1S/C41H74NO11P/c1-3-5-7-8-9-10-11-12-13-14-15-16-22-26-41(47)53-35(33-52-54(48,49)51-30-29-42)32-50-40(46)25-21-18-17-20-24-36-37(39(45)31-38(36)44)28-27-34(43)23-19-6-4-2/h10-11,17,20,27-28,34-39,43-45H,3-9,12-16,18-19,21-26,29-33,42H2,1-2H3,(H,48,49)/b11-10-,20-17+,28-27+/t34-,35+,36+,37+,38-,39+/m0/s1. The SMILES string of the molecule is CCCCCC/C=C\CCCCCCCC(=O)O[C@H](COC(=O)CCC/C=C/C[C@@H]1[C@@H](/C=C/[C@@H](O)CCCCC)[C@H](O)C[C@@H]1O)COP(=O)(O)OCCN. The van der Waals surface area contributed by atoms with Gasteiger partial charge in [0.25, 0.3) is 0 Å². The van der Waals surface area contributed by atoms with Crippen molar-refractivity contribution in [2.24, 2.45) is 17.6 Å². The molecule has 1 aliphatic carbocycles. The summed E-state index contributed by atoms with van der Waals surface area (Å²) in [4.78, 5) is 35.0. The van der Waals surface area contributed by atoms with Gasteiger partial charge in [0.15, 0.2) is 6.10 Å². The second-order valence-corrected chi connectivity index (χ2v) is 15.9. The lowest BCUT2D eigenvalue weighted by Crippen LogP contribution is -2.29. The summed E-state index contributed by atoms with van der Waals surface area (Å²) in [6.07, 6.45) is 27.0. The molecule has 1 aliphatic rings. The quantitative estimate of drug-likeness (QED) is 0.0184. The molecular weight excluding hydrogens is 713 g/mol. The molecule has 1 fully saturated rings. The number of aliphatic hydroxyl groups is 3. The maximum atomic E-state index is 12.6. The van der Waals surface area contributed by atoms with Gasteiger partial charge in [0.05, 0.1) is 31.5 Å². The van der Waals surface area contributed by atoms with Crippen molar-refractivity contribution in [3.05, 3.63) is 36.5 Å². The molecule has 314 valence electrons. The highest BCUT2D eigenvalue weighted by atomic mass is 31.2. The minimum atomic E-state index is -4.44. The zero-order valence-corrected chi connectivity index (χ0v) is 34.2. The van der Waals surface area contributed by atoms with E-state index in [1.54, 1.807) is 6.08 Å². The summed E-state index contributed by atoms with van der Waals surface area (Å²) in [6.45, 7) is 3.31. The average Bonchev–Trinajstić information content (AvgIpc) is 3.41. The van der Waals surface area contributed by atoms with Crippen molar-refractivity contribution in [3.63, 3.8) is 0 Å². The molecule has 0 bridgehead atoms. The molecule has 0 heterocycles. The summed E-state index contributed by atoms with van der Waals surface area (Å²) in [6, 6.07) is 0. The zero-order chi connectivity index (χ0) is 39.9. The van der Waals surface area contributed by atoms with Crippen LogP contribution in [0.15, 0.2) is 36.5 Å². The fourth-order valence-corrected chi connectivity index (χ4v) is 7.15. The van der Waals surface area contributed by atoms with Crippen LogP contribution in [0.1, 0.15) is 149 Å². The van der Waals surface area contributed by atoms with E-state index in [9.17, 15) is 34.4 Å². The van der Waals surface area contributed by atoms with Crippen molar-refractivity contribution < 1.29 is 52.9 Å². The van der Waals surface area contributed by atoms with Crippen molar-refractivity contribution >= 4 is 19.8 Å². The second-order valence-electron chi connectivity index (χ2n) is 14.5. The van der Waals surface area contributed by atoms with Crippen molar-refractivity contribution in [1.82, 2.24) is 0 Å². The molecule has 0 aliphatic heterocycles. The summed E-state index contributed by atoms with van der Waals surface area (Å²) in [5, 5.41) is 31.2. The van der Waals surface area contributed by atoms with E-state index >= 15 is 0 Å². The number of carbonyl (C=O) groups is 2. The van der Waals surface area contributed by atoms with Crippen LogP contribution in [0.4, 0.5) is 0 Å². The zero-order valence-electron chi connectivity index (χ0n) is 33.3. The molecule has 0 amide bonds. The van der Waals surface area contributed by atoms with Gasteiger partial charge in [-0.3, -0.25) is 18.6 Å². The normalized spacial score (nSPS) is 21.2. The highest BCUT2D eigenvalue weighted by Crippen LogP contribution is 2.43. The van der Waals surface area contributed by atoms with Gasteiger partial charge in [0.2, 0.25) is 0 Å². The lowest BCUT2D eigenvalue weighted by molar-refractivity contribution is -0.161. The van der Waals surface area contributed by atoms with E-state index in [4.69, 9.17) is 24.3 Å². The Morgan fingerprint density at radius 3 is 2.09 bits per heavy atom. The fraction of sp³-hybridized carbons (Fsp3) is 0.805. The van der Waals surface area contributed by atoms with Crippen LogP contribution < -0.4 is 5.73 Å². The van der Waals surface area contributed by atoms with Crippen LogP contribution in [0.3, 0.4) is 0 Å². The minimum absolute atomic E-state index is 0.0166. The third-order valence-corrected chi connectivity index (χ3v) is 10.6. The number of phosphoric acid groups is 1. The first-order chi connectivity index (χ1) is 26.0. The highest BCUT2D eigenvalue weighted by Gasteiger charge is 2.39. The van der Waals surface area contributed by atoms with E-state index in [2.05, 4.69) is 26.0 Å². The van der Waals surface area contributed by atoms with Crippen molar-refractivity contribution in [3.8, 4) is 0 Å². The molecule has 54 heavy (non-hydrogen) atoms. The number of esters is 2. The Morgan fingerprint density at radius 1 is 0.778 bits per heavy atom.